The largest absolute Gasteiger partial charge is 0.462 e. The zero-order chi connectivity index (χ0) is 19.4. The molecule has 140 valence electrons. The molecule has 1 heterocycles. The van der Waals surface area contributed by atoms with Crippen molar-refractivity contribution in [1.82, 2.24) is 4.57 Å². The van der Waals surface area contributed by atoms with Gasteiger partial charge in [0, 0.05) is 35.5 Å². The van der Waals surface area contributed by atoms with Crippen LogP contribution in [0.3, 0.4) is 0 Å². The van der Waals surface area contributed by atoms with Gasteiger partial charge in [-0.05, 0) is 48.4 Å². The normalized spacial score (nSPS) is 12.1. The maximum atomic E-state index is 12.1. The lowest BCUT2D eigenvalue weighted by molar-refractivity contribution is -0.517. The molecule has 0 spiro atoms. The third-order valence-electron chi connectivity index (χ3n) is 4.44. The van der Waals surface area contributed by atoms with E-state index in [9.17, 15) is 14.9 Å². The number of nitro groups is 1. The number of nitrogens with zero attached hydrogens (tertiary/aromatic N) is 2. The van der Waals surface area contributed by atoms with Crippen LogP contribution >= 0.6 is 0 Å². The van der Waals surface area contributed by atoms with Crippen LogP contribution in [0.1, 0.15) is 36.2 Å². The van der Waals surface area contributed by atoms with Gasteiger partial charge in [-0.15, -0.1) is 0 Å². The Labute approximate surface area is 157 Å². The molecule has 1 atom stereocenters. The van der Waals surface area contributed by atoms with E-state index in [1.54, 1.807) is 19.1 Å². The summed E-state index contributed by atoms with van der Waals surface area (Å²) in [6.45, 7) is 3.97. The van der Waals surface area contributed by atoms with Crippen molar-refractivity contribution >= 4 is 16.9 Å². The quantitative estimate of drug-likeness (QED) is 0.353. The predicted octanol–water partition coefficient (Wildman–Crippen LogP) is 4.41. The van der Waals surface area contributed by atoms with Crippen molar-refractivity contribution in [2.24, 2.45) is 0 Å². The number of ether oxygens (including phenoxy) is 1. The third kappa shape index (κ3) is 4.16. The number of benzene rings is 2. The van der Waals surface area contributed by atoms with E-state index in [-0.39, 0.29) is 10.9 Å². The Hall–Kier alpha value is -3.15. The van der Waals surface area contributed by atoms with Crippen molar-refractivity contribution in [3.05, 3.63) is 76.0 Å². The van der Waals surface area contributed by atoms with Gasteiger partial charge in [-0.2, -0.15) is 0 Å². The summed E-state index contributed by atoms with van der Waals surface area (Å²) in [5.74, 6) is -0.328. The van der Waals surface area contributed by atoms with Crippen LogP contribution in [0.25, 0.3) is 16.6 Å². The fourth-order valence-corrected chi connectivity index (χ4v) is 3.02. The van der Waals surface area contributed by atoms with Crippen LogP contribution in [0.5, 0.6) is 0 Å². The Kier molecular flexibility index (Phi) is 5.54. The van der Waals surface area contributed by atoms with Crippen molar-refractivity contribution in [3.63, 3.8) is 0 Å². The Morgan fingerprint density at radius 2 is 2.04 bits per heavy atom. The van der Waals surface area contributed by atoms with Crippen molar-refractivity contribution in [1.29, 1.82) is 0 Å². The number of carbonyl (C=O) groups is 1. The lowest BCUT2D eigenvalue weighted by atomic mass is 10.1. The molecule has 6 nitrogen and oxygen atoms in total. The molecule has 0 N–H and O–H groups in total. The standard InChI is InChI=1S/C21H22N2O4/c1-3-11-27-21(24)18-5-4-6-19(14-18)22-10-9-17-13-16(7-8-20(17)22)12-15(2)23(25)26/h4-10,13-15H,3,11-12H2,1-2H3. The monoisotopic (exact) mass is 366 g/mol. The highest BCUT2D eigenvalue weighted by Gasteiger charge is 2.14. The molecule has 0 bridgehead atoms. The Morgan fingerprint density at radius 1 is 1.22 bits per heavy atom. The average Bonchev–Trinajstić information content (AvgIpc) is 3.09. The summed E-state index contributed by atoms with van der Waals surface area (Å²) in [6, 6.07) is 14.5. The number of carbonyl (C=O) groups excluding carboxylic acids is 1. The summed E-state index contributed by atoms with van der Waals surface area (Å²) in [5.41, 5.74) is 3.29. The molecule has 0 aliphatic heterocycles. The first-order chi connectivity index (χ1) is 13.0. The van der Waals surface area contributed by atoms with Gasteiger partial charge in [-0.25, -0.2) is 4.79 Å². The highest BCUT2D eigenvalue weighted by molar-refractivity contribution is 5.90. The summed E-state index contributed by atoms with van der Waals surface area (Å²) in [4.78, 5) is 22.7. The van der Waals surface area contributed by atoms with Gasteiger partial charge in [0.2, 0.25) is 6.04 Å². The Morgan fingerprint density at radius 3 is 2.78 bits per heavy atom. The molecular formula is C21H22N2O4. The van der Waals surface area contributed by atoms with Gasteiger partial charge in [0.1, 0.15) is 0 Å². The van der Waals surface area contributed by atoms with Gasteiger partial charge < -0.3 is 9.30 Å². The van der Waals surface area contributed by atoms with E-state index < -0.39 is 6.04 Å². The number of hydrogen-bond donors (Lipinski definition) is 0. The van der Waals surface area contributed by atoms with Crippen LogP contribution in [-0.2, 0) is 11.2 Å². The van der Waals surface area contributed by atoms with E-state index >= 15 is 0 Å². The van der Waals surface area contributed by atoms with Crippen LogP contribution in [0.4, 0.5) is 0 Å². The second-order valence-corrected chi connectivity index (χ2v) is 6.60. The lowest BCUT2D eigenvalue weighted by Crippen LogP contribution is -2.17. The van der Waals surface area contributed by atoms with Gasteiger partial charge in [-0.3, -0.25) is 10.1 Å². The van der Waals surface area contributed by atoms with Crippen molar-refractivity contribution < 1.29 is 14.5 Å². The van der Waals surface area contributed by atoms with Crippen molar-refractivity contribution in [2.75, 3.05) is 6.61 Å². The van der Waals surface area contributed by atoms with Crippen LogP contribution in [0.2, 0.25) is 0 Å². The summed E-state index contributed by atoms with van der Waals surface area (Å²) >= 11 is 0. The lowest BCUT2D eigenvalue weighted by Gasteiger charge is -2.09. The van der Waals surface area contributed by atoms with Crippen LogP contribution in [0.15, 0.2) is 54.7 Å². The highest BCUT2D eigenvalue weighted by atomic mass is 16.6. The molecule has 3 rings (SSSR count). The predicted molar refractivity (Wildman–Crippen MR) is 104 cm³/mol. The zero-order valence-electron chi connectivity index (χ0n) is 15.4. The molecular weight excluding hydrogens is 344 g/mol. The summed E-state index contributed by atoms with van der Waals surface area (Å²) in [5, 5.41) is 11.9. The molecule has 6 heteroatoms. The van der Waals surface area contributed by atoms with Gasteiger partial charge in [0.15, 0.2) is 0 Å². The molecule has 1 aromatic heterocycles. The molecule has 0 aliphatic rings. The first-order valence-corrected chi connectivity index (χ1v) is 9.00. The van der Waals surface area contributed by atoms with E-state index in [0.717, 1.165) is 28.6 Å². The fourth-order valence-electron chi connectivity index (χ4n) is 3.02. The summed E-state index contributed by atoms with van der Waals surface area (Å²) < 4.78 is 7.20. The molecule has 1 unspecified atom stereocenters. The number of hydrogen-bond acceptors (Lipinski definition) is 4. The molecule has 0 saturated carbocycles. The molecule has 2 aromatic carbocycles. The number of rotatable bonds is 7. The molecule has 27 heavy (non-hydrogen) atoms. The minimum absolute atomic E-state index is 0.265. The van der Waals surface area contributed by atoms with Crippen molar-refractivity contribution in [2.45, 2.75) is 32.7 Å². The SMILES string of the molecule is CCCOC(=O)c1cccc(-n2ccc3cc(CC(C)[N+](=O)[O-])ccc32)c1. The first kappa shape index (κ1) is 18.6. The molecule has 0 aliphatic carbocycles. The average molecular weight is 366 g/mol. The molecule has 0 fully saturated rings. The first-order valence-electron chi connectivity index (χ1n) is 9.00. The number of fused-ring (bicyclic) bond motifs is 1. The van der Waals surface area contributed by atoms with Crippen LogP contribution < -0.4 is 0 Å². The van der Waals surface area contributed by atoms with Crippen LogP contribution in [0, 0.1) is 10.1 Å². The second-order valence-electron chi connectivity index (χ2n) is 6.60. The minimum atomic E-state index is -0.615. The maximum absolute atomic E-state index is 12.1. The van der Waals surface area contributed by atoms with E-state index in [1.807, 2.05) is 54.1 Å². The Balaban J connectivity index is 1.89. The Bertz CT molecular complexity index is 977. The zero-order valence-corrected chi connectivity index (χ0v) is 15.4. The smallest absolute Gasteiger partial charge is 0.338 e. The van der Waals surface area contributed by atoms with Gasteiger partial charge in [0.25, 0.3) is 0 Å². The molecule has 0 amide bonds. The van der Waals surface area contributed by atoms with Gasteiger partial charge >= 0.3 is 5.97 Å². The summed E-state index contributed by atoms with van der Waals surface area (Å²) in [6.07, 6.45) is 3.11. The molecule has 0 saturated heterocycles. The molecule has 0 radical (unpaired) electrons. The summed E-state index contributed by atoms with van der Waals surface area (Å²) in [7, 11) is 0. The minimum Gasteiger partial charge on any atom is -0.462 e. The molecule has 3 aromatic rings. The van der Waals surface area contributed by atoms with Gasteiger partial charge in [0.05, 0.1) is 17.7 Å². The van der Waals surface area contributed by atoms with E-state index in [4.69, 9.17) is 4.74 Å². The topological polar surface area (TPSA) is 74.4 Å². The maximum Gasteiger partial charge on any atom is 0.338 e. The van der Waals surface area contributed by atoms with E-state index in [2.05, 4.69) is 0 Å². The van der Waals surface area contributed by atoms with Crippen LogP contribution in [-0.4, -0.2) is 28.1 Å². The third-order valence-corrected chi connectivity index (χ3v) is 4.44. The van der Waals surface area contributed by atoms with Gasteiger partial charge in [-0.1, -0.05) is 19.1 Å². The number of aromatic nitrogens is 1. The highest BCUT2D eigenvalue weighted by Crippen LogP contribution is 2.23. The number of esters is 1. The van der Waals surface area contributed by atoms with E-state index in [1.165, 1.54) is 0 Å². The second kappa shape index (κ2) is 8.03. The van der Waals surface area contributed by atoms with E-state index in [0.29, 0.717) is 18.6 Å². The van der Waals surface area contributed by atoms with Crippen molar-refractivity contribution in [3.8, 4) is 5.69 Å². The fraction of sp³-hybridized carbons (Fsp3) is 0.286.